The molecule has 1 fully saturated rings. The van der Waals surface area contributed by atoms with E-state index in [2.05, 4.69) is 17.4 Å². The topological polar surface area (TPSA) is 55.1 Å². The molecule has 0 spiro atoms. The minimum Gasteiger partial charge on any atom is -0.347 e. The standard InChI is InChI=1S/C18H27ClN2O.ClH/c19-16-10-8-15(9-11-16)18(12-4-5-13-18)21-17(22)7-3-1-2-6-14-20;/h8-11H,1-7,12-14,20H2,(H,21,22);1H. The molecule has 5 heteroatoms. The van der Waals surface area contributed by atoms with Crippen LogP contribution in [0, 0.1) is 0 Å². The van der Waals surface area contributed by atoms with Crippen LogP contribution in [-0.4, -0.2) is 12.5 Å². The van der Waals surface area contributed by atoms with Crippen molar-refractivity contribution in [3.05, 3.63) is 34.9 Å². The summed E-state index contributed by atoms with van der Waals surface area (Å²) in [5.74, 6) is 0.171. The molecule has 0 radical (unpaired) electrons. The maximum Gasteiger partial charge on any atom is 0.220 e. The zero-order valence-corrected chi connectivity index (χ0v) is 15.2. The fourth-order valence-electron chi connectivity index (χ4n) is 3.35. The van der Waals surface area contributed by atoms with Crippen molar-refractivity contribution in [3.8, 4) is 0 Å². The summed E-state index contributed by atoms with van der Waals surface area (Å²) in [5.41, 5.74) is 6.49. The monoisotopic (exact) mass is 358 g/mol. The minimum atomic E-state index is -0.182. The van der Waals surface area contributed by atoms with Gasteiger partial charge in [0.2, 0.25) is 5.91 Å². The third kappa shape index (κ3) is 5.98. The maximum atomic E-state index is 12.3. The zero-order valence-electron chi connectivity index (χ0n) is 13.7. The molecule has 0 aliphatic heterocycles. The Morgan fingerprint density at radius 3 is 2.30 bits per heavy atom. The molecule has 23 heavy (non-hydrogen) atoms. The second kappa shape index (κ2) is 10.2. The van der Waals surface area contributed by atoms with Gasteiger partial charge < -0.3 is 11.1 Å². The first-order valence-corrected chi connectivity index (χ1v) is 8.81. The Balaban J connectivity index is 0.00000264. The Bertz CT molecular complexity index is 470. The molecule has 1 aromatic rings. The average Bonchev–Trinajstić information content (AvgIpc) is 2.97. The highest BCUT2D eigenvalue weighted by Crippen LogP contribution is 2.39. The van der Waals surface area contributed by atoms with Gasteiger partial charge in [0.15, 0.2) is 0 Å². The van der Waals surface area contributed by atoms with Crippen molar-refractivity contribution in [1.82, 2.24) is 5.32 Å². The number of benzene rings is 1. The van der Waals surface area contributed by atoms with Crippen LogP contribution in [0.1, 0.15) is 63.4 Å². The van der Waals surface area contributed by atoms with Crippen LogP contribution in [0.3, 0.4) is 0 Å². The molecule has 3 N–H and O–H groups in total. The molecule has 2 rings (SSSR count). The van der Waals surface area contributed by atoms with E-state index in [9.17, 15) is 4.79 Å². The molecule has 1 aliphatic rings. The molecule has 1 amide bonds. The van der Waals surface area contributed by atoms with E-state index in [1.54, 1.807) is 0 Å². The fourth-order valence-corrected chi connectivity index (χ4v) is 3.47. The Kier molecular flexibility index (Phi) is 8.96. The summed E-state index contributed by atoms with van der Waals surface area (Å²) in [4.78, 5) is 12.3. The molecule has 1 aromatic carbocycles. The number of nitrogens with two attached hydrogens (primary N) is 1. The molecule has 1 saturated carbocycles. The Morgan fingerprint density at radius 2 is 1.70 bits per heavy atom. The Morgan fingerprint density at radius 1 is 1.09 bits per heavy atom. The van der Waals surface area contributed by atoms with Crippen LogP contribution in [0.15, 0.2) is 24.3 Å². The molecule has 0 bridgehead atoms. The smallest absolute Gasteiger partial charge is 0.220 e. The lowest BCUT2D eigenvalue weighted by Gasteiger charge is -2.31. The van der Waals surface area contributed by atoms with Crippen molar-refractivity contribution >= 4 is 29.9 Å². The molecule has 130 valence electrons. The second-order valence-electron chi connectivity index (χ2n) is 6.30. The van der Waals surface area contributed by atoms with Crippen molar-refractivity contribution in [3.63, 3.8) is 0 Å². The van der Waals surface area contributed by atoms with E-state index >= 15 is 0 Å². The first-order valence-electron chi connectivity index (χ1n) is 8.43. The highest BCUT2D eigenvalue weighted by Gasteiger charge is 2.36. The molecule has 0 aromatic heterocycles. The molecule has 0 saturated heterocycles. The van der Waals surface area contributed by atoms with E-state index < -0.39 is 0 Å². The van der Waals surface area contributed by atoms with Gasteiger partial charge in [0.25, 0.3) is 0 Å². The minimum absolute atomic E-state index is 0. The van der Waals surface area contributed by atoms with Gasteiger partial charge in [0.1, 0.15) is 0 Å². The number of hydrogen-bond acceptors (Lipinski definition) is 2. The van der Waals surface area contributed by atoms with Crippen molar-refractivity contribution < 1.29 is 4.79 Å². The van der Waals surface area contributed by atoms with Gasteiger partial charge in [-0.05, 0) is 49.9 Å². The van der Waals surface area contributed by atoms with Gasteiger partial charge in [0, 0.05) is 11.4 Å². The predicted molar refractivity (Wildman–Crippen MR) is 99.1 cm³/mol. The van der Waals surface area contributed by atoms with E-state index in [-0.39, 0.29) is 23.9 Å². The zero-order chi connectivity index (χ0) is 15.8. The van der Waals surface area contributed by atoms with E-state index in [0.29, 0.717) is 6.42 Å². The van der Waals surface area contributed by atoms with Gasteiger partial charge in [-0.2, -0.15) is 0 Å². The first-order chi connectivity index (χ1) is 10.7. The molecule has 1 aliphatic carbocycles. The summed E-state index contributed by atoms with van der Waals surface area (Å²) in [6, 6.07) is 7.93. The van der Waals surface area contributed by atoms with Gasteiger partial charge in [-0.3, -0.25) is 4.79 Å². The lowest BCUT2D eigenvalue weighted by Crippen LogP contribution is -2.43. The highest BCUT2D eigenvalue weighted by molar-refractivity contribution is 6.30. The van der Waals surface area contributed by atoms with Crippen LogP contribution in [0.5, 0.6) is 0 Å². The molecule has 0 heterocycles. The number of halogens is 2. The quantitative estimate of drug-likeness (QED) is 0.669. The lowest BCUT2D eigenvalue weighted by molar-refractivity contribution is -0.123. The number of rotatable bonds is 8. The molecule has 0 atom stereocenters. The summed E-state index contributed by atoms with van der Waals surface area (Å²) in [5, 5.41) is 4.05. The molecule has 0 unspecified atom stereocenters. The van der Waals surface area contributed by atoms with Crippen LogP contribution >= 0.6 is 24.0 Å². The van der Waals surface area contributed by atoms with Crippen molar-refractivity contribution in [1.29, 1.82) is 0 Å². The Hall–Kier alpha value is -0.770. The van der Waals surface area contributed by atoms with Crippen LogP contribution in [0.4, 0.5) is 0 Å². The van der Waals surface area contributed by atoms with Gasteiger partial charge in [-0.1, -0.05) is 49.4 Å². The number of hydrogen-bond donors (Lipinski definition) is 2. The number of amides is 1. The van der Waals surface area contributed by atoms with Gasteiger partial charge in [-0.25, -0.2) is 0 Å². The van der Waals surface area contributed by atoms with Crippen molar-refractivity contribution in [2.45, 2.75) is 63.3 Å². The summed E-state index contributed by atoms with van der Waals surface area (Å²) < 4.78 is 0. The highest BCUT2D eigenvalue weighted by atomic mass is 35.5. The van der Waals surface area contributed by atoms with Crippen LogP contribution < -0.4 is 11.1 Å². The number of unbranched alkanes of at least 4 members (excludes halogenated alkanes) is 3. The summed E-state index contributed by atoms with van der Waals surface area (Å²) in [6.45, 7) is 0.742. The predicted octanol–water partition coefficient (Wildman–Crippen LogP) is 4.56. The Labute approximate surface area is 150 Å². The number of carbonyl (C=O) groups is 1. The van der Waals surface area contributed by atoms with E-state index in [4.69, 9.17) is 17.3 Å². The number of nitrogens with one attached hydrogen (secondary N) is 1. The van der Waals surface area contributed by atoms with Gasteiger partial charge in [-0.15, -0.1) is 12.4 Å². The van der Waals surface area contributed by atoms with E-state index in [1.165, 1.54) is 18.4 Å². The van der Waals surface area contributed by atoms with E-state index in [0.717, 1.165) is 50.1 Å². The normalized spacial score (nSPS) is 15.9. The third-order valence-corrected chi connectivity index (χ3v) is 4.84. The first kappa shape index (κ1) is 20.3. The third-order valence-electron chi connectivity index (χ3n) is 4.59. The SMILES string of the molecule is Cl.NCCCCCCC(=O)NC1(c2ccc(Cl)cc2)CCCC1. The molecule has 3 nitrogen and oxygen atoms in total. The van der Waals surface area contributed by atoms with Crippen LogP contribution in [0.25, 0.3) is 0 Å². The van der Waals surface area contributed by atoms with Gasteiger partial charge >= 0.3 is 0 Å². The lowest BCUT2D eigenvalue weighted by atomic mass is 9.88. The summed E-state index contributed by atoms with van der Waals surface area (Å²) in [7, 11) is 0. The van der Waals surface area contributed by atoms with Crippen molar-refractivity contribution in [2.75, 3.05) is 6.54 Å². The maximum absolute atomic E-state index is 12.3. The fraction of sp³-hybridized carbons (Fsp3) is 0.611. The second-order valence-corrected chi connectivity index (χ2v) is 6.73. The largest absolute Gasteiger partial charge is 0.347 e. The van der Waals surface area contributed by atoms with Crippen LogP contribution in [-0.2, 0) is 10.3 Å². The van der Waals surface area contributed by atoms with Crippen LogP contribution in [0.2, 0.25) is 5.02 Å². The van der Waals surface area contributed by atoms with Crippen molar-refractivity contribution in [2.24, 2.45) is 5.73 Å². The van der Waals surface area contributed by atoms with E-state index in [1.807, 2.05) is 12.1 Å². The number of carbonyl (C=O) groups excluding carboxylic acids is 1. The molecular formula is C18H28Cl2N2O. The summed E-state index contributed by atoms with van der Waals surface area (Å²) >= 11 is 5.98. The van der Waals surface area contributed by atoms with Gasteiger partial charge in [0.05, 0.1) is 5.54 Å². The summed E-state index contributed by atoms with van der Waals surface area (Å²) in [6.07, 6.45) is 9.18. The molecular weight excluding hydrogens is 331 g/mol. The average molecular weight is 359 g/mol.